The normalized spacial score (nSPS) is 29.4. The standard InChI is InChI=1S/C7H5F7O2/c1-5(6(10,11)12)2-15-4(3(8)9)16-7(5,13)14/h2H2,1H3. The Morgan fingerprint density at radius 1 is 1.25 bits per heavy atom. The van der Waals surface area contributed by atoms with Crippen LogP contribution < -0.4 is 0 Å². The highest BCUT2D eigenvalue weighted by Crippen LogP contribution is 2.53. The molecule has 9 heteroatoms. The molecule has 1 aliphatic heterocycles. The Balaban J connectivity index is 3.09. The van der Waals surface area contributed by atoms with E-state index in [0.29, 0.717) is 0 Å². The summed E-state index contributed by atoms with van der Waals surface area (Å²) in [6.45, 7) is -1.52. The second-order valence-electron chi connectivity index (χ2n) is 3.29. The van der Waals surface area contributed by atoms with Gasteiger partial charge in [0, 0.05) is 0 Å². The van der Waals surface area contributed by atoms with Gasteiger partial charge in [0.1, 0.15) is 6.61 Å². The lowest BCUT2D eigenvalue weighted by atomic mass is 9.88. The first-order chi connectivity index (χ1) is 7.01. The molecule has 0 aromatic heterocycles. The van der Waals surface area contributed by atoms with Crippen molar-refractivity contribution in [3.63, 3.8) is 0 Å². The van der Waals surface area contributed by atoms with Crippen LogP contribution in [0.25, 0.3) is 0 Å². The maximum absolute atomic E-state index is 13.0. The molecule has 16 heavy (non-hydrogen) atoms. The number of ether oxygens (including phenoxy) is 2. The molecule has 0 bridgehead atoms. The minimum absolute atomic E-state index is 0.125. The second-order valence-corrected chi connectivity index (χ2v) is 3.29. The molecule has 1 aliphatic rings. The third-order valence-corrected chi connectivity index (χ3v) is 2.14. The van der Waals surface area contributed by atoms with E-state index >= 15 is 0 Å². The summed E-state index contributed by atoms with van der Waals surface area (Å²) in [4.78, 5) is 0. The van der Waals surface area contributed by atoms with Crippen LogP contribution in [0.3, 0.4) is 0 Å². The Hall–Kier alpha value is -1.15. The van der Waals surface area contributed by atoms with Crippen LogP contribution in [-0.4, -0.2) is 18.9 Å². The van der Waals surface area contributed by atoms with Gasteiger partial charge in [0.05, 0.1) is 0 Å². The van der Waals surface area contributed by atoms with Gasteiger partial charge in [-0.25, -0.2) is 0 Å². The van der Waals surface area contributed by atoms with Gasteiger partial charge in [0.15, 0.2) is 5.41 Å². The van der Waals surface area contributed by atoms with E-state index in [1.807, 2.05) is 0 Å². The Labute approximate surface area is 84.6 Å². The van der Waals surface area contributed by atoms with E-state index in [0.717, 1.165) is 0 Å². The fraction of sp³-hybridized carbons (Fsp3) is 0.714. The molecule has 1 atom stereocenters. The Kier molecular flexibility index (Phi) is 2.76. The summed E-state index contributed by atoms with van der Waals surface area (Å²) in [5.74, 6) is -1.88. The van der Waals surface area contributed by atoms with Crippen molar-refractivity contribution in [3.8, 4) is 0 Å². The molecule has 0 saturated carbocycles. The third-order valence-electron chi connectivity index (χ3n) is 2.14. The summed E-state index contributed by atoms with van der Waals surface area (Å²) >= 11 is 0. The zero-order chi connectivity index (χ0) is 12.8. The van der Waals surface area contributed by atoms with E-state index in [9.17, 15) is 30.7 Å². The monoisotopic (exact) mass is 254 g/mol. The average Bonchev–Trinajstić information content (AvgIpc) is 2.07. The molecule has 1 heterocycles. The largest absolute Gasteiger partial charge is 0.460 e. The van der Waals surface area contributed by atoms with E-state index in [1.54, 1.807) is 0 Å². The van der Waals surface area contributed by atoms with E-state index in [-0.39, 0.29) is 6.92 Å². The summed E-state index contributed by atoms with van der Waals surface area (Å²) in [6.07, 6.45) is -12.9. The molecule has 1 rings (SSSR count). The minimum atomic E-state index is -5.35. The van der Waals surface area contributed by atoms with Crippen LogP contribution in [0.5, 0.6) is 0 Å². The summed E-state index contributed by atoms with van der Waals surface area (Å²) in [5.41, 5.74) is -3.67. The van der Waals surface area contributed by atoms with Crippen LogP contribution in [0.15, 0.2) is 12.0 Å². The van der Waals surface area contributed by atoms with Crippen LogP contribution in [0, 0.1) is 5.41 Å². The smallest absolute Gasteiger partial charge is 0.417 e. The lowest BCUT2D eigenvalue weighted by Crippen LogP contribution is -2.57. The van der Waals surface area contributed by atoms with Gasteiger partial charge in [-0.3, -0.25) is 0 Å². The van der Waals surface area contributed by atoms with Gasteiger partial charge in [-0.2, -0.15) is 30.7 Å². The molecule has 1 saturated heterocycles. The molecular formula is C7H5F7O2. The maximum Gasteiger partial charge on any atom is 0.417 e. The topological polar surface area (TPSA) is 18.5 Å². The number of halogens is 7. The zero-order valence-electron chi connectivity index (χ0n) is 7.67. The van der Waals surface area contributed by atoms with Crippen molar-refractivity contribution in [3.05, 3.63) is 12.0 Å². The van der Waals surface area contributed by atoms with E-state index in [4.69, 9.17) is 0 Å². The molecule has 1 fully saturated rings. The minimum Gasteiger partial charge on any atom is -0.460 e. The van der Waals surface area contributed by atoms with Gasteiger partial charge in [-0.1, -0.05) is 0 Å². The second kappa shape index (κ2) is 3.42. The van der Waals surface area contributed by atoms with Crippen LogP contribution in [0.1, 0.15) is 6.92 Å². The van der Waals surface area contributed by atoms with Crippen molar-refractivity contribution in [2.75, 3.05) is 6.61 Å². The Bertz CT molecular complexity index is 317. The van der Waals surface area contributed by atoms with Gasteiger partial charge < -0.3 is 9.47 Å². The molecule has 1 unspecified atom stereocenters. The number of hydrogen-bond donors (Lipinski definition) is 0. The van der Waals surface area contributed by atoms with Gasteiger partial charge in [-0.15, -0.1) is 0 Å². The lowest BCUT2D eigenvalue weighted by molar-refractivity contribution is -0.410. The fourth-order valence-electron chi connectivity index (χ4n) is 0.892. The van der Waals surface area contributed by atoms with Crippen molar-refractivity contribution in [1.29, 1.82) is 0 Å². The van der Waals surface area contributed by atoms with Crippen molar-refractivity contribution < 1.29 is 40.2 Å². The summed E-state index contributed by atoms with van der Waals surface area (Å²) in [6, 6.07) is 0. The van der Waals surface area contributed by atoms with Crippen LogP contribution in [-0.2, 0) is 9.47 Å². The number of alkyl halides is 5. The molecule has 0 N–H and O–H groups in total. The molecule has 0 aromatic rings. The summed E-state index contributed by atoms with van der Waals surface area (Å²) < 4.78 is 93.6. The molecule has 2 nitrogen and oxygen atoms in total. The first kappa shape index (κ1) is 12.9. The number of rotatable bonds is 0. The molecule has 0 radical (unpaired) electrons. The van der Waals surface area contributed by atoms with Gasteiger partial charge in [-0.05, 0) is 6.92 Å². The predicted octanol–water partition coefficient (Wildman–Crippen LogP) is 3.26. The zero-order valence-corrected chi connectivity index (χ0v) is 7.67. The van der Waals surface area contributed by atoms with Gasteiger partial charge >= 0.3 is 24.3 Å². The van der Waals surface area contributed by atoms with E-state index < -0.39 is 36.3 Å². The molecule has 0 spiro atoms. The molecule has 0 aromatic carbocycles. The highest BCUT2D eigenvalue weighted by atomic mass is 19.4. The molecule has 0 amide bonds. The van der Waals surface area contributed by atoms with Crippen LogP contribution in [0.4, 0.5) is 30.7 Å². The van der Waals surface area contributed by atoms with E-state index in [1.165, 1.54) is 0 Å². The van der Waals surface area contributed by atoms with Crippen LogP contribution >= 0.6 is 0 Å². The van der Waals surface area contributed by atoms with E-state index in [2.05, 4.69) is 9.47 Å². The third kappa shape index (κ3) is 1.78. The Morgan fingerprint density at radius 3 is 2.06 bits per heavy atom. The lowest BCUT2D eigenvalue weighted by Gasteiger charge is -2.40. The van der Waals surface area contributed by atoms with Crippen LogP contribution in [0.2, 0.25) is 0 Å². The van der Waals surface area contributed by atoms with Gasteiger partial charge in [0.25, 0.3) is 0 Å². The maximum atomic E-state index is 13.0. The predicted molar refractivity (Wildman–Crippen MR) is 35.4 cm³/mol. The van der Waals surface area contributed by atoms with Crippen molar-refractivity contribution in [1.82, 2.24) is 0 Å². The summed E-state index contributed by atoms with van der Waals surface area (Å²) in [7, 11) is 0. The average molecular weight is 254 g/mol. The SMILES string of the molecule is CC1(C(F)(F)F)COC(=C(F)F)OC1(F)F. The summed E-state index contributed by atoms with van der Waals surface area (Å²) in [5, 5.41) is 0. The highest BCUT2D eigenvalue weighted by Gasteiger charge is 2.71. The van der Waals surface area contributed by atoms with Crippen molar-refractivity contribution in [2.45, 2.75) is 19.2 Å². The fourth-order valence-corrected chi connectivity index (χ4v) is 0.892. The molecule has 94 valence electrons. The molecule has 0 aliphatic carbocycles. The number of hydrogen-bond acceptors (Lipinski definition) is 2. The highest BCUT2D eigenvalue weighted by molar-refractivity contribution is 4.98. The Morgan fingerprint density at radius 2 is 1.75 bits per heavy atom. The van der Waals surface area contributed by atoms with Crippen molar-refractivity contribution >= 4 is 0 Å². The first-order valence-electron chi connectivity index (χ1n) is 3.83. The first-order valence-corrected chi connectivity index (χ1v) is 3.83. The van der Waals surface area contributed by atoms with Crippen molar-refractivity contribution in [2.24, 2.45) is 5.41 Å². The van der Waals surface area contributed by atoms with Gasteiger partial charge in [0.2, 0.25) is 0 Å². The quantitative estimate of drug-likeness (QED) is 0.618. The molecular weight excluding hydrogens is 249 g/mol.